The Morgan fingerprint density at radius 3 is 2.68 bits per heavy atom. The van der Waals surface area contributed by atoms with Crippen molar-refractivity contribution in [2.45, 2.75) is 60.0 Å². The number of carbonyl (C=O) groups is 1. The van der Waals surface area contributed by atoms with E-state index in [0.29, 0.717) is 0 Å². The number of aromatic nitrogens is 1. The summed E-state index contributed by atoms with van der Waals surface area (Å²) in [6.07, 6.45) is 4.06. The number of pyridine rings is 1. The number of aryl methyl sites for hydroxylation is 1. The number of hydrogen-bond acceptors (Lipinski definition) is 4. The highest BCUT2D eigenvalue weighted by atomic mass is 16.5. The number of rotatable bonds is 4. The zero-order chi connectivity index (χ0) is 18.8. The van der Waals surface area contributed by atoms with Crippen molar-refractivity contribution in [3.63, 3.8) is 0 Å². The Morgan fingerprint density at radius 1 is 1.40 bits per heavy atom. The van der Waals surface area contributed by atoms with Crippen molar-refractivity contribution >= 4 is 5.91 Å². The first-order chi connectivity index (χ1) is 11.6. The Morgan fingerprint density at radius 2 is 2.08 bits per heavy atom. The topological polar surface area (TPSA) is 45.7 Å². The zero-order valence-electron chi connectivity index (χ0n) is 16.8. The highest BCUT2D eigenvalue weighted by Gasteiger charge is 2.32. The van der Waals surface area contributed by atoms with Crippen LogP contribution in [0.5, 0.6) is 5.75 Å². The summed E-state index contributed by atoms with van der Waals surface area (Å²) in [7, 11) is 3.66. The van der Waals surface area contributed by atoms with Crippen LogP contribution in [0.15, 0.2) is 6.20 Å². The van der Waals surface area contributed by atoms with Crippen LogP contribution >= 0.6 is 0 Å². The number of likely N-dealkylation sites (tertiary alicyclic amines) is 1. The number of nitrogens with zero attached hydrogens (tertiary/aromatic N) is 3. The molecule has 140 valence electrons. The maximum atomic E-state index is 12.6. The molecule has 0 aromatic carbocycles. The van der Waals surface area contributed by atoms with E-state index >= 15 is 0 Å². The number of ether oxygens (including phenoxy) is 1. The number of likely N-dealkylation sites (N-methyl/N-ethyl adjacent to an activating group) is 1. The van der Waals surface area contributed by atoms with Crippen LogP contribution in [0, 0.1) is 19.3 Å². The first kappa shape index (κ1) is 19.7. The van der Waals surface area contributed by atoms with E-state index in [1.807, 2.05) is 45.8 Å². The third kappa shape index (κ3) is 4.51. The van der Waals surface area contributed by atoms with E-state index in [0.717, 1.165) is 55.0 Å². The summed E-state index contributed by atoms with van der Waals surface area (Å²) in [6, 6.07) is 0.271. The molecule has 0 radical (unpaired) electrons. The van der Waals surface area contributed by atoms with Gasteiger partial charge in [-0.15, -0.1) is 0 Å². The third-order valence-corrected chi connectivity index (χ3v) is 5.11. The molecule has 1 amide bonds. The van der Waals surface area contributed by atoms with Crippen LogP contribution in [-0.4, -0.2) is 54.0 Å². The lowest BCUT2D eigenvalue weighted by molar-refractivity contribution is -0.141. The Kier molecular flexibility index (Phi) is 6.09. The minimum Gasteiger partial charge on any atom is -0.496 e. The zero-order valence-corrected chi connectivity index (χ0v) is 16.8. The van der Waals surface area contributed by atoms with Gasteiger partial charge < -0.3 is 9.64 Å². The molecule has 2 rings (SSSR count). The first-order valence-corrected chi connectivity index (χ1v) is 9.13. The summed E-state index contributed by atoms with van der Waals surface area (Å²) < 4.78 is 5.52. The van der Waals surface area contributed by atoms with Crippen molar-refractivity contribution in [2.24, 2.45) is 5.41 Å². The summed E-state index contributed by atoms with van der Waals surface area (Å²) >= 11 is 0. The van der Waals surface area contributed by atoms with Gasteiger partial charge in [0.1, 0.15) is 5.75 Å². The van der Waals surface area contributed by atoms with E-state index in [-0.39, 0.29) is 17.4 Å². The molecule has 1 fully saturated rings. The monoisotopic (exact) mass is 347 g/mol. The second-order valence-corrected chi connectivity index (χ2v) is 8.24. The number of carbonyl (C=O) groups excluding carboxylic acids is 1. The average Bonchev–Trinajstić information content (AvgIpc) is 2.56. The Balaban J connectivity index is 2.09. The SMILES string of the molecule is COc1c(C)cnc(CN2CCCC(N(C)C(=O)C(C)(C)C)C2)c1C. The number of amides is 1. The predicted octanol–water partition coefficient (Wildman–Crippen LogP) is 3.18. The molecular formula is C20H33N3O2. The molecule has 0 N–H and O–H groups in total. The quantitative estimate of drug-likeness (QED) is 0.839. The maximum Gasteiger partial charge on any atom is 0.227 e. The fourth-order valence-electron chi connectivity index (χ4n) is 3.63. The molecule has 0 spiro atoms. The molecule has 1 aliphatic heterocycles. The number of methoxy groups -OCH3 is 1. The van der Waals surface area contributed by atoms with Gasteiger partial charge in [-0.1, -0.05) is 20.8 Å². The van der Waals surface area contributed by atoms with Crippen molar-refractivity contribution in [3.05, 3.63) is 23.0 Å². The molecule has 1 atom stereocenters. The van der Waals surface area contributed by atoms with Crippen molar-refractivity contribution in [3.8, 4) is 5.75 Å². The first-order valence-electron chi connectivity index (χ1n) is 9.13. The van der Waals surface area contributed by atoms with Gasteiger partial charge in [-0.25, -0.2) is 0 Å². The van der Waals surface area contributed by atoms with Gasteiger partial charge in [0.15, 0.2) is 0 Å². The second kappa shape index (κ2) is 7.73. The van der Waals surface area contributed by atoms with Crippen molar-refractivity contribution in [1.29, 1.82) is 0 Å². The van der Waals surface area contributed by atoms with E-state index in [1.165, 1.54) is 0 Å². The van der Waals surface area contributed by atoms with Gasteiger partial charge in [-0.05, 0) is 33.2 Å². The van der Waals surface area contributed by atoms with Crippen LogP contribution in [0.3, 0.4) is 0 Å². The highest BCUT2D eigenvalue weighted by Crippen LogP contribution is 2.27. The summed E-state index contributed by atoms with van der Waals surface area (Å²) in [4.78, 5) is 21.6. The van der Waals surface area contributed by atoms with Gasteiger partial charge in [0.2, 0.25) is 5.91 Å². The van der Waals surface area contributed by atoms with Crippen LogP contribution < -0.4 is 4.74 Å². The van der Waals surface area contributed by atoms with Crippen LogP contribution in [0.25, 0.3) is 0 Å². The summed E-state index contributed by atoms with van der Waals surface area (Å²) in [5.41, 5.74) is 2.91. The molecule has 1 aromatic heterocycles. The fourth-order valence-corrected chi connectivity index (χ4v) is 3.63. The normalized spacial score (nSPS) is 18.9. The lowest BCUT2D eigenvalue weighted by atomic mass is 9.93. The molecule has 1 saturated heterocycles. The Labute approximate surface area is 152 Å². The summed E-state index contributed by atoms with van der Waals surface area (Å²) in [6.45, 7) is 12.8. The molecule has 2 heterocycles. The Hall–Kier alpha value is -1.62. The molecular weight excluding hydrogens is 314 g/mol. The molecule has 1 aliphatic rings. The lowest BCUT2D eigenvalue weighted by Gasteiger charge is -2.39. The fraction of sp³-hybridized carbons (Fsp3) is 0.700. The molecule has 5 nitrogen and oxygen atoms in total. The van der Waals surface area contributed by atoms with E-state index in [1.54, 1.807) is 7.11 Å². The van der Waals surface area contributed by atoms with Crippen LogP contribution in [-0.2, 0) is 11.3 Å². The summed E-state index contributed by atoms with van der Waals surface area (Å²) in [5, 5.41) is 0. The third-order valence-electron chi connectivity index (χ3n) is 5.11. The van der Waals surface area contributed by atoms with Crippen molar-refractivity contribution in [2.75, 3.05) is 27.2 Å². The second-order valence-electron chi connectivity index (χ2n) is 8.24. The number of hydrogen-bond donors (Lipinski definition) is 0. The molecule has 0 aliphatic carbocycles. The van der Waals surface area contributed by atoms with Gasteiger partial charge in [-0.2, -0.15) is 0 Å². The van der Waals surface area contributed by atoms with E-state index in [4.69, 9.17) is 4.74 Å². The van der Waals surface area contributed by atoms with Crippen LogP contribution in [0.2, 0.25) is 0 Å². The molecule has 0 saturated carbocycles. The van der Waals surface area contributed by atoms with Crippen molar-refractivity contribution in [1.82, 2.24) is 14.8 Å². The van der Waals surface area contributed by atoms with E-state index in [2.05, 4.69) is 16.8 Å². The highest BCUT2D eigenvalue weighted by molar-refractivity contribution is 5.81. The lowest BCUT2D eigenvalue weighted by Crippen LogP contribution is -2.51. The van der Waals surface area contributed by atoms with Crippen molar-refractivity contribution < 1.29 is 9.53 Å². The minimum atomic E-state index is -0.334. The molecule has 5 heteroatoms. The van der Waals surface area contributed by atoms with Gasteiger partial charge in [0, 0.05) is 48.9 Å². The van der Waals surface area contributed by atoms with Crippen LogP contribution in [0.1, 0.15) is 50.4 Å². The number of piperidine rings is 1. The largest absolute Gasteiger partial charge is 0.496 e. The standard InChI is InChI=1S/C20H33N3O2/c1-14-11-21-17(15(2)18(14)25-7)13-23-10-8-9-16(12-23)22(6)19(24)20(3,4)5/h11,16H,8-10,12-13H2,1-7H3. The van der Waals surface area contributed by atoms with Gasteiger partial charge >= 0.3 is 0 Å². The van der Waals surface area contributed by atoms with Gasteiger partial charge in [0.25, 0.3) is 0 Å². The minimum absolute atomic E-state index is 0.214. The average molecular weight is 348 g/mol. The van der Waals surface area contributed by atoms with E-state index < -0.39 is 0 Å². The van der Waals surface area contributed by atoms with E-state index in [9.17, 15) is 4.79 Å². The van der Waals surface area contributed by atoms with Gasteiger partial charge in [-0.3, -0.25) is 14.7 Å². The molecule has 1 aromatic rings. The molecule has 1 unspecified atom stereocenters. The van der Waals surface area contributed by atoms with Gasteiger partial charge in [0.05, 0.1) is 12.8 Å². The smallest absolute Gasteiger partial charge is 0.227 e. The van der Waals surface area contributed by atoms with Crippen LogP contribution in [0.4, 0.5) is 0 Å². The predicted molar refractivity (Wildman–Crippen MR) is 101 cm³/mol. The molecule has 25 heavy (non-hydrogen) atoms. The molecule has 0 bridgehead atoms. The maximum absolute atomic E-state index is 12.6. The summed E-state index contributed by atoms with van der Waals surface area (Å²) in [5.74, 6) is 1.14. The Bertz CT molecular complexity index is 622.